The van der Waals surface area contributed by atoms with E-state index < -0.39 is 0 Å². The van der Waals surface area contributed by atoms with Crippen molar-refractivity contribution in [1.82, 2.24) is 9.71 Å². The van der Waals surface area contributed by atoms with Crippen molar-refractivity contribution in [3.05, 3.63) is 60.3 Å². The van der Waals surface area contributed by atoms with E-state index in [2.05, 4.69) is 85.2 Å². The van der Waals surface area contributed by atoms with Crippen molar-refractivity contribution in [3.63, 3.8) is 0 Å². The summed E-state index contributed by atoms with van der Waals surface area (Å²) in [5.41, 5.74) is 5.01. The predicted octanol–water partition coefficient (Wildman–Crippen LogP) is 5.37. The molecule has 0 aliphatic carbocycles. The van der Waals surface area contributed by atoms with Gasteiger partial charge in [-0.25, -0.2) is 0 Å². The number of aromatic amines is 1. The topological polar surface area (TPSA) is 27.8 Å². The third-order valence-electron chi connectivity index (χ3n) is 3.49. The number of hydrogen-bond donors (Lipinski definition) is 2. The fraction of sp³-hybridized carbons (Fsp3) is 0.263. The fourth-order valence-electron chi connectivity index (χ4n) is 2.48. The highest BCUT2D eigenvalue weighted by Gasteiger charge is 2.10. The molecular formula is C19H22N2S. The summed E-state index contributed by atoms with van der Waals surface area (Å²) < 4.78 is 3.68. The zero-order valence-corrected chi connectivity index (χ0v) is 14.1. The van der Waals surface area contributed by atoms with Crippen LogP contribution in [-0.4, -0.2) is 9.73 Å². The molecule has 0 unspecified atom stereocenters. The van der Waals surface area contributed by atoms with Crippen LogP contribution in [0.25, 0.3) is 22.0 Å². The molecule has 0 bridgehead atoms. The Bertz CT molecular complexity index is 754. The summed E-state index contributed by atoms with van der Waals surface area (Å²) in [5.74, 6) is 0. The van der Waals surface area contributed by atoms with Crippen LogP contribution in [0.4, 0.5) is 0 Å². The van der Waals surface area contributed by atoms with Crippen LogP contribution in [0.3, 0.4) is 0 Å². The average molecular weight is 310 g/mol. The van der Waals surface area contributed by atoms with E-state index in [4.69, 9.17) is 0 Å². The van der Waals surface area contributed by atoms with Gasteiger partial charge in [-0.2, -0.15) is 0 Å². The Morgan fingerprint density at radius 1 is 1.05 bits per heavy atom. The second kappa shape index (κ2) is 6.19. The van der Waals surface area contributed by atoms with E-state index >= 15 is 0 Å². The third kappa shape index (κ3) is 3.54. The van der Waals surface area contributed by atoms with Crippen LogP contribution in [0.2, 0.25) is 0 Å². The molecule has 3 aromatic rings. The number of H-pyrrole nitrogens is 1. The van der Waals surface area contributed by atoms with Crippen molar-refractivity contribution in [2.24, 2.45) is 0 Å². The van der Waals surface area contributed by atoms with Crippen LogP contribution in [0.15, 0.2) is 54.7 Å². The van der Waals surface area contributed by atoms with Gasteiger partial charge >= 0.3 is 0 Å². The van der Waals surface area contributed by atoms with E-state index in [9.17, 15) is 0 Å². The first-order chi connectivity index (χ1) is 10.5. The minimum absolute atomic E-state index is 0.233. The summed E-state index contributed by atoms with van der Waals surface area (Å²) in [4.78, 5) is 3.40. The van der Waals surface area contributed by atoms with Gasteiger partial charge < -0.3 is 4.98 Å². The van der Waals surface area contributed by atoms with Crippen molar-refractivity contribution in [1.29, 1.82) is 0 Å². The maximum Gasteiger partial charge on any atom is 0.0463 e. The van der Waals surface area contributed by atoms with E-state index in [-0.39, 0.29) is 4.75 Å². The van der Waals surface area contributed by atoms with E-state index in [0.717, 1.165) is 6.54 Å². The highest BCUT2D eigenvalue weighted by atomic mass is 32.2. The highest BCUT2D eigenvalue weighted by Crippen LogP contribution is 2.29. The van der Waals surface area contributed by atoms with Gasteiger partial charge in [0.15, 0.2) is 0 Å². The molecule has 3 heteroatoms. The molecule has 1 heterocycles. The van der Waals surface area contributed by atoms with Crippen molar-refractivity contribution in [2.75, 3.05) is 0 Å². The van der Waals surface area contributed by atoms with Crippen LogP contribution in [0.5, 0.6) is 0 Å². The lowest BCUT2D eigenvalue weighted by Crippen LogP contribution is -2.16. The first-order valence-electron chi connectivity index (χ1n) is 7.59. The van der Waals surface area contributed by atoms with E-state index in [1.165, 1.54) is 27.6 Å². The zero-order valence-electron chi connectivity index (χ0n) is 13.3. The molecule has 1 aromatic heterocycles. The minimum Gasteiger partial charge on any atom is -0.361 e. The predicted molar refractivity (Wildman–Crippen MR) is 97.9 cm³/mol. The summed E-state index contributed by atoms with van der Waals surface area (Å²) in [6.45, 7) is 7.51. The molecule has 0 atom stereocenters. The smallest absolute Gasteiger partial charge is 0.0463 e. The molecule has 0 amide bonds. The number of hydrogen-bond acceptors (Lipinski definition) is 2. The highest BCUT2D eigenvalue weighted by molar-refractivity contribution is 7.98. The minimum atomic E-state index is 0.233. The van der Waals surface area contributed by atoms with Crippen LogP contribution >= 0.6 is 11.9 Å². The van der Waals surface area contributed by atoms with Gasteiger partial charge in [0, 0.05) is 34.0 Å². The molecule has 2 nitrogen and oxygen atoms in total. The Morgan fingerprint density at radius 2 is 1.82 bits per heavy atom. The summed E-state index contributed by atoms with van der Waals surface area (Å²) in [7, 11) is 0. The standard InChI is InChI=1S/C19H22N2S/c1-19(2,3)22-21-12-14-9-10-16-17(13-20-18(16)11-14)15-7-5-4-6-8-15/h4-11,13,20-21H,12H2,1-3H3. The largest absolute Gasteiger partial charge is 0.361 e. The number of fused-ring (bicyclic) bond motifs is 1. The van der Waals surface area contributed by atoms with E-state index in [1.54, 1.807) is 11.9 Å². The van der Waals surface area contributed by atoms with Gasteiger partial charge in [0.1, 0.15) is 0 Å². The Kier molecular flexibility index (Phi) is 4.27. The number of benzene rings is 2. The molecule has 0 fully saturated rings. The van der Waals surface area contributed by atoms with Gasteiger partial charge in [0.25, 0.3) is 0 Å². The zero-order chi connectivity index (χ0) is 15.6. The van der Waals surface area contributed by atoms with Gasteiger partial charge in [-0.3, -0.25) is 4.72 Å². The molecule has 3 rings (SSSR count). The second-order valence-corrected chi connectivity index (χ2v) is 8.20. The molecule has 0 saturated heterocycles. The lowest BCUT2D eigenvalue weighted by atomic mass is 10.0. The SMILES string of the molecule is CC(C)(C)SNCc1ccc2c(-c3ccccc3)c[nH]c2c1. The molecule has 0 radical (unpaired) electrons. The monoisotopic (exact) mass is 310 g/mol. The summed E-state index contributed by atoms with van der Waals surface area (Å²) in [5, 5.41) is 1.28. The van der Waals surface area contributed by atoms with Crippen molar-refractivity contribution < 1.29 is 0 Å². The van der Waals surface area contributed by atoms with Crippen LogP contribution in [0.1, 0.15) is 26.3 Å². The first-order valence-corrected chi connectivity index (χ1v) is 8.41. The van der Waals surface area contributed by atoms with Crippen molar-refractivity contribution in [3.8, 4) is 11.1 Å². The number of nitrogens with one attached hydrogen (secondary N) is 2. The van der Waals surface area contributed by atoms with Crippen LogP contribution < -0.4 is 4.72 Å². The van der Waals surface area contributed by atoms with Gasteiger partial charge in [0.05, 0.1) is 0 Å². The Morgan fingerprint density at radius 3 is 2.55 bits per heavy atom. The molecule has 0 spiro atoms. The van der Waals surface area contributed by atoms with Gasteiger partial charge in [0.2, 0.25) is 0 Å². The lowest BCUT2D eigenvalue weighted by molar-refractivity contribution is 0.787. The van der Waals surface area contributed by atoms with E-state index in [1.807, 2.05) is 0 Å². The van der Waals surface area contributed by atoms with Crippen LogP contribution in [0, 0.1) is 0 Å². The maximum absolute atomic E-state index is 3.45. The fourth-order valence-corrected chi connectivity index (χ4v) is 3.15. The molecule has 0 aliphatic rings. The quantitative estimate of drug-likeness (QED) is 0.634. The number of rotatable bonds is 4. The normalized spacial score (nSPS) is 12.0. The van der Waals surface area contributed by atoms with Crippen molar-refractivity contribution >= 4 is 22.9 Å². The Hall–Kier alpha value is -1.71. The molecule has 2 aromatic carbocycles. The average Bonchev–Trinajstić information content (AvgIpc) is 2.90. The van der Waals surface area contributed by atoms with Gasteiger partial charge in [-0.15, -0.1) is 0 Å². The second-order valence-electron chi connectivity index (χ2n) is 6.48. The molecule has 2 N–H and O–H groups in total. The summed E-state index contributed by atoms with van der Waals surface area (Å²) in [6, 6.07) is 17.2. The molecule has 114 valence electrons. The molecular weight excluding hydrogens is 288 g/mol. The van der Waals surface area contributed by atoms with Crippen molar-refractivity contribution in [2.45, 2.75) is 32.1 Å². The third-order valence-corrected chi connectivity index (χ3v) is 4.39. The Labute approximate surface area is 136 Å². The maximum atomic E-state index is 3.45. The van der Waals surface area contributed by atoms with Crippen LogP contribution in [-0.2, 0) is 6.54 Å². The number of aromatic nitrogens is 1. The molecule has 0 saturated carbocycles. The molecule has 22 heavy (non-hydrogen) atoms. The lowest BCUT2D eigenvalue weighted by Gasteiger charge is -2.17. The summed E-state index contributed by atoms with van der Waals surface area (Å²) in [6.07, 6.45) is 2.10. The molecule has 0 aliphatic heterocycles. The van der Waals surface area contributed by atoms with Gasteiger partial charge in [-0.1, -0.05) is 54.4 Å². The Balaban J connectivity index is 1.81. The van der Waals surface area contributed by atoms with Gasteiger partial charge in [-0.05, 0) is 38.0 Å². The summed E-state index contributed by atoms with van der Waals surface area (Å²) >= 11 is 1.78. The van der Waals surface area contributed by atoms with E-state index in [0.29, 0.717) is 0 Å². The first kappa shape index (κ1) is 15.2.